The molecule has 1 aromatic rings. The standard InChI is InChI=1S/C15H25NO/c1-12(2)10-17-14-8-6-7-13(9-14)16-11-15(3,4)5/h6-9,12,16H,10-11H2,1-5H3. The van der Waals surface area contributed by atoms with Crippen LogP contribution in [0.5, 0.6) is 5.75 Å². The molecule has 0 saturated heterocycles. The van der Waals surface area contributed by atoms with Crippen LogP contribution in [0.25, 0.3) is 0 Å². The Balaban J connectivity index is 2.54. The molecule has 1 N–H and O–H groups in total. The average Bonchev–Trinajstić information content (AvgIpc) is 2.23. The highest BCUT2D eigenvalue weighted by Gasteiger charge is 2.09. The Labute approximate surface area is 105 Å². The van der Waals surface area contributed by atoms with Gasteiger partial charge < -0.3 is 10.1 Å². The molecular weight excluding hydrogens is 210 g/mol. The highest BCUT2D eigenvalue weighted by molar-refractivity contribution is 5.48. The summed E-state index contributed by atoms with van der Waals surface area (Å²) in [5.74, 6) is 1.50. The molecule has 0 bridgehead atoms. The molecule has 0 unspecified atom stereocenters. The highest BCUT2D eigenvalue weighted by Crippen LogP contribution is 2.20. The third-order valence-electron chi connectivity index (χ3n) is 2.24. The molecule has 17 heavy (non-hydrogen) atoms. The van der Waals surface area contributed by atoms with Crippen molar-refractivity contribution >= 4 is 5.69 Å². The predicted octanol–water partition coefficient (Wildman–Crippen LogP) is 4.18. The van der Waals surface area contributed by atoms with E-state index >= 15 is 0 Å². The molecule has 0 aliphatic heterocycles. The first kappa shape index (κ1) is 13.9. The van der Waals surface area contributed by atoms with Crippen LogP contribution in [0.3, 0.4) is 0 Å². The van der Waals surface area contributed by atoms with Crippen molar-refractivity contribution in [2.24, 2.45) is 11.3 Å². The van der Waals surface area contributed by atoms with Crippen LogP contribution in [-0.4, -0.2) is 13.2 Å². The van der Waals surface area contributed by atoms with E-state index in [1.807, 2.05) is 12.1 Å². The van der Waals surface area contributed by atoms with Crippen LogP contribution in [0.2, 0.25) is 0 Å². The molecule has 1 rings (SSSR count). The maximum absolute atomic E-state index is 5.70. The Morgan fingerprint density at radius 1 is 1.24 bits per heavy atom. The van der Waals surface area contributed by atoms with Crippen molar-refractivity contribution < 1.29 is 4.74 Å². The molecule has 0 fully saturated rings. The molecule has 2 nitrogen and oxygen atoms in total. The van der Waals surface area contributed by atoms with E-state index in [1.165, 1.54) is 0 Å². The first-order chi connectivity index (χ1) is 7.87. The van der Waals surface area contributed by atoms with E-state index in [0.29, 0.717) is 5.92 Å². The van der Waals surface area contributed by atoms with Crippen molar-refractivity contribution in [3.63, 3.8) is 0 Å². The van der Waals surface area contributed by atoms with Crippen molar-refractivity contribution in [2.45, 2.75) is 34.6 Å². The van der Waals surface area contributed by atoms with Crippen LogP contribution >= 0.6 is 0 Å². The summed E-state index contributed by atoms with van der Waals surface area (Å²) in [6.07, 6.45) is 0. The average molecular weight is 235 g/mol. The molecule has 0 aliphatic rings. The second-order valence-corrected chi connectivity index (χ2v) is 6.15. The Morgan fingerprint density at radius 3 is 2.53 bits per heavy atom. The van der Waals surface area contributed by atoms with E-state index in [9.17, 15) is 0 Å². The fraction of sp³-hybridized carbons (Fsp3) is 0.600. The number of benzene rings is 1. The Kier molecular flexibility index (Phi) is 4.86. The van der Waals surface area contributed by atoms with E-state index in [4.69, 9.17) is 4.74 Å². The zero-order chi connectivity index (χ0) is 12.9. The molecule has 0 spiro atoms. The summed E-state index contributed by atoms with van der Waals surface area (Å²) in [5, 5.41) is 3.43. The summed E-state index contributed by atoms with van der Waals surface area (Å²) in [7, 11) is 0. The van der Waals surface area contributed by atoms with Crippen LogP contribution in [0.1, 0.15) is 34.6 Å². The fourth-order valence-electron chi connectivity index (χ4n) is 1.33. The van der Waals surface area contributed by atoms with Crippen LogP contribution in [0.15, 0.2) is 24.3 Å². The maximum Gasteiger partial charge on any atom is 0.121 e. The molecule has 0 atom stereocenters. The molecule has 96 valence electrons. The van der Waals surface area contributed by atoms with Crippen molar-refractivity contribution in [3.8, 4) is 5.75 Å². The molecule has 0 saturated carbocycles. The first-order valence-corrected chi connectivity index (χ1v) is 6.33. The summed E-state index contributed by atoms with van der Waals surface area (Å²) >= 11 is 0. The molecule has 0 amide bonds. The van der Waals surface area contributed by atoms with Crippen LogP contribution < -0.4 is 10.1 Å². The van der Waals surface area contributed by atoms with Gasteiger partial charge in [-0.3, -0.25) is 0 Å². The maximum atomic E-state index is 5.70. The number of anilines is 1. The number of nitrogens with one attached hydrogen (secondary N) is 1. The van der Waals surface area contributed by atoms with Gasteiger partial charge in [-0.15, -0.1) is 0 Å². The van der Waals surface area contributed by atoms with Gasteiger partial charge in [-0.25, -0.2) is 0 Å². The third-order valence-corrected chi connectivity index (χ3v) is 2.24. The lowest BCUT2D eigenvalue weighted by Crippen LogP contribution is -2.18. The lowest BCUT2D eigenvalue weighted by Gasteiger charge is -2.20. The summed E-state index contributed by atoms with van der Waals surface area (Å²) in [6.45, 7) is 12.7. The van der Waals surface area contributed by atoms with Gasteiger partial charge in [0.05, 0.1) is 6.61 Å². The Morgan fingerprint density at radius 2 is 1.94 bits per heavy atom. The number of rotatable bonds is 5. The smallest absolute Gasteiger partial charge is 0.121 e. The van der Waals surface area contributed by atoms with Gasteiger partial charge in [-0.05, 0) is 23.5 Å². The van der Waals surface area contributed by atoms with Gasteiger partial charge in [0.25, 0.3) is 0 Å². The van der Waals surface area contributed by atoms with E-state index in [0.717, 1.165) is 24.6 Å². The highest BCUT2D eigenvalue weighted by atomic mass is 16.5. The third kappa shape index (κ3) is 6.20. The first-order valence-electron chi connectivity index (χ1n) is 6.33. The van der Waals surface area contributed by atoms with E-state index < -0.39 is 0 Å². The number of hydrogen-bond donors (Lipinski definition) is 1. The second-order valence-electron chi connectivity index (χ2n) is 6.15. The topological polar surface area (TPSA) is 21.3 Å². The van der Waals surface area contributed by atoms with Crippen LogP contribution in [0.4, 0.5) is 5.69 Å². The van der Waals surface area contributed by atoms with Gasteiger partial charge >= 0.3 is 0 Å². The molecule has 0 aromatic heterocycles. The zero-order valence-corrected chi connectivity index (χ0v) is 11.7. The molecule has 0 heterocycles. The number of ether oxygens (including phenoxy) is 1. The Bertz CT molecular complexity index is 339. The monoisotopic (exact) mass is 235 g/mol. The lowest BCUT2D eigenvalue weighted by molar-refractivity contribution is 0.271. The van der Waals surface area contributed by atoms with Gasteiger partial charge in [0.1, 0.15) is 5.75 Å². The zero-order valence-electron chi connectivity index (χ0n) is 11.7. The minimum absolute atomic E-state index is 0.287. The lowest BCUT2D eigenvalue weighted by atomic mass is 9.97. The van der Waals surface area contributed by atoms with Gasteiger partial charge in [0.2, 0.25) is 0 Å². The Hall–Kier alpha value is -1.18. The van der Waals surface area contributed by atoms with Gasteiger partial charge in [0, 0.05) is 18.3 Å². The second kappa shape index (κ2) is 5.95. The van der Waals surface area contributed by atoms with E-state index in [1.54, 1.807) is 0 Å². The normalized spacial score (nSPS) is 11.6. The largest absolute Gasteiger partial charge is 0.493 e. The molecule has 0 radical (unpaired) electrons. The van der Waals surface area contributed by atoms with Gasteiger partial charge in [0.15, 0.2) is 0 Å². The molecule has 2 heteroatoms. The molecule has 0 aliphatic carbocycles. The van der Waals surface area contributed by atoms with E-state index in [2.05, 4.69) is 52.1 Å². The van der Waals surface area contributed by atoms with Crippen molar-refractivity contribution in [1.82, 2.24) is 0 Å². The van der Waals surface area contributed by atoms with E-state index in [-0.39, 0.29) is 5.41 Å². The number of hydrogen-bond acceptors (Lipinski definition) is 2. The fourth-order valence-corrected chi connectivity index (χ4v) is 1.33. The summed E-state index contributed by atoms with van der Waals surface area (Å²) in [6, 6.07) is 8.17. The molecule has 1 aromatic carbocycles. The minimum atomic E-state index is 0.287. The van der Waals surface area contributed by atoms with Gasteiger partial charge in [-0.2, -0.15) is 0 Å². The van der Waals surface area contributed by atoms with Crippen molar-refractivity contribution in [2.75, 3.05) is 18.5 Å². The molecular formula is C15H25NO. The summed E-state index contributed by atoms with van der Waals surface area (Å²) in [5.41, 5.74) is 1.41. The minimum Gasteiger partial charge on any atom is -0.493 e. The summed E-state index contributed by atoms with van der Waals surface area (Å²) < 4.78 is 5.70. The van der Waals surface area contributed by atoms with Crippen LogP contribution in [0, 0.1) is 11.3 Å². The van der Waals surface area contributed by atoms with Crippen LogP contribution in [-0.2, 0) is 0 Å². The predicted molar refractivity (Wildman–Crippen MR) is 74.7 cm³/mol. The quantitative estimate of drug-likeness (QED) is 0.826. The van der Waals surface area contributed by atoms with Gasteiger partial charge in [-0.1, -0.05) is 40.7 Å². The SMILES string of the molecule is CC(C)COc1cccc(NCC(C)(C)C)c1. The summed E-state index contributed by atoms with van der Waals surface area (Å²) in [4.78, 5) is 0. The van der Waals surface area contributed by atoms with Crippen molar-refractivity contribution in [3.05, 3.63) is 24.3 Å². The van der Waals surface area contributed by atoms with Crippen molar-refractivity contribution in [1.29, 1.82) is 0 Å².